The minimum Gasteiger partial charge on any atom is -0.508 e. The van der Waals surface area contributed by atoms with E-state index in [-0.39, 0.29) is 0 Å². The number of anilines is 2. The number of fused-ring (bicyclic) bond motifs is 1. The first-order valence-corrected chi connectivity index (χ1v) is 9.20. The summed E-state index contributed by atoms with van der Waals surface area (Å²) in [5, 5.41) is 14.6. The first kappa shape index (κ1) is 16.8. The topological polar surface area (TPSA) is 61.3 Å². The van der Waals surface area contributed by atoms with Crippen molar-refractivity contribution >= 4 is 22.4 Å². The SMILES string of the molecule is CC1CCN(Cc2cc(Nc3ncnc4ccccc34)ccc2O)CC1. The quantitative estimate of drug-likeness (QED) is 0.688. The third kappa shape index (κ3) is 3.63. The third-order valence-electron chi connectivity index (χ3n) is 5.16. The molecule has 0 spiro atoms. The summed E-state index contributed by atoms with van der Waals surface area (Å²) in [6.45, 7) is 5.27. The third-order valence-corrected chi connectivity index (χ3v) is 5.16. The fourth-order valence-electron chi connectivity index (χ4n) is 3.49. The predicted octanol–water partition coefficient (Wildman–Crippen LogP) is 4.31. The zero-order valence-corrected chi connectivity index (χ0v) is 15.0. The highest BCUT2D eigenvalue weighted by Gasteiger charge is 2.17. The van der Waals surface area contributed by atoms with Crippen molar-refractivity contribution in [2.24, 2.45) is 5.92 Å². The average molecular weight is 348 g/mol. The Labute approximate surface area is 153 Å². The van der Waals surface area contributed by atoms with Gasteiger partial charge < -0.3 is 10.4 Å². The Balaban J connectivity index is 1.56. The molecule has 1 fully saturated rings. The second kappa shape index (κ2) is 7.30. The molecule has 0 amide bonds. The van der Waals surface area contributed by atoms with Gasteiger partial charge in [0.2, 0.25) is 0 Å². The van der Waals surface area contributed by atoms with E-state index in [1.54, 1.807) is 12.4 Å². The molecule has 5 heteroatoms. The van der Waals surface area contributed by atoms with Crippen molar-refractivity contribution in [3.05, 3.63) is 54.4 Å². The van der Waals surface area contributed by atoms with Crippen LogP contribution in [0.1, 0.15) is 25.3 Å². The Bertz CT molecular complexity index is 898. The number of rotatable bonds is 4. The molecule has 0 bridgehead atoms. The maximum Gasteiger partial charge on any atom is 0.141 e. The van der Waals surface area contributed by atoms with E-state index in [4.69, 9.17) is 0 Å². The molecule has 134 valence electrons. The molecular weight excluding hydrogens is 324 g/mol. The Morgan fingerprint density at radius 2 is 1.92 bits per heavy atom. The van der Waals surface area contributed by atoms with Gasteiger partial charge in [0.1, 0.15) is 17.9 Å². The molecule has 1 aromatic heterocycles. The van der Waals surface area contributed by atoms with Crippen molar-refractivity contribution in [2.45, 2.75) is 26.3 Å². The lowest BCUT2D eigenvalue weighted by molar-refractivity contribution is 0.184. The van der Waals surface area contributed by atoms with Crippen LogP contribution in [0.3, 0.4) is 0 Å². The van der Waals surface area contributed by atoms with Gasteiger partial charge in [0, 0.05) is 23.2 Å². The number of hydrogen-bond acceptors (Lipinski definition) is 5. The van der Waals surface area contributed by atoms with Gasteiger partial charge in [0.05, 0.1) is 5.52 Å². The number of hydrogen-bond donors (Lipinski definition) is 2. The average Bonchev–Trinajstić information content (AvgIpc) is 2.66. The number of likely N-dealkylation sites (tertiary alicyclic amines) is 1. The Morgan fingerprint density at radius 1 is 1.12 bits per heavy atom. The van der Waals surface area contributed by atoms with Gasteiger partial charge in [-0.2, -0.15) is 0 Å². The summed E-state index contributed by atoms with van der Waals surface area (Å²) in [5.41, 5.74) is 2.78. The van der Waals surface area contributed by atoms with Crippen LogP contribution in [0.4, 0.5) is 11.5 Å². The van der Waals surface area contributed by atoms with Crippen molar-refractivity contribution in [1.82, 2.24) is 14.9 Å². The van der Waals surface area contributed by atoms with Crippen LogP contribution in [-0.2, 0) is 6.54 Å². The second-order valence-electron chi connectivity index (χ2n) is 7.17. The van der Waals surface area contributed by atoms with Crippen LogP contribution < -0.4 is 5.32 Å². The van der Waals surface area contributed by atoms with E-state index in [2.05, 4.69) is 27.1 Å². The summed E-state index contributed by atoms with van der Waals surface area (Å²) >= 11 is 0. The standard InChI is InChI=1S/C21H24N4O/c1-15-8-10-25(11-9-15)13-16-12-17(6-7-20(16)26)24-21-18-4-2-3-5-19(18)22-14-23-21/h2-7,12,14-15,26H,8-11,13H2,1H3,(H,22,23,24). The van der Waals surface area contributed by atoms with E-state index in [0.29, 0.717) is 5.75 Å². The molecule has 0 atom stereocenters. The number of nitrogens with one attached hydrogen (secondary N) is 1. The molecule has 2 N–H and O–H groups in total. The molecule has 26 heavy (non-hydrogen) atoms. The summed E-state index contributed by atoms with van der Waals surface area (Å²) < 4.78 is 0. The van der Waals surface area contributed by atoms with E-state index < -0.39 is 0 Å². The highest BCUT2D eigenvalue weighted by Crippen LogP contribution is 2.28. The second-order valence-corrected chi connectivity index (χ2v) is 7.17. The van der Waals surface area contributed by atoms with Gasteiger partial charge in [-0.05, 0) is 62.2 Å². The number of benzene rings is 2. The van der Waals surface area contributed by atoms with Gasteiger partial charge in [-0.15, -0.1) is 0 Å². The van der Waals surface area contributed by atoms with Crippen molar-refractivity contribution in [2.75, 3.05) is 18.4 Å². The number of phenolic OH excluding ortho intramolecular Hbond substituents is 1. The molecular formula is C21H24N4O. The maximum atomic E-state index is 10.3. The summed E-state index contributed by atoms with van der Waals surface area (Å²) in [7, 11) is 0. The van der Waals surface area contributed by atoms with Crippen LogP contribution in [0.25, 0.3) is 10.9 Å². The van der Waals surface area contributed by atoms with Crippen LogP contribution in [-0.4, -0.2) is 33.1 Å². The summed E-state index contributed by atoms with van der Waals surface area (Å²) in [4.78, 5) is 11.1. The fourth-order valence-corrected chi connectivity index (χ4v) is 3.49. The Hall–Kier alpha value is -2.66. The molecule has 0 saturated carbocycles. The lowest BCUT2D eigenvalue weighted by Crippen LogP contribution is -2.32. The van der Waals surface area contributed by atoms with Crippen LogP contribution in [0.15, 0.2) is 48.8 Å². The van der Waals surface area contributed by atoms with E-state index in [1.807, 2.05) is 36.4 Å². The summed E-state index contributed by atoms with van der Waals surface area (Å²) in [5.74, 6) is 1.93. The minimum atomic E-state index is 0.349. The Kier molecular flexibility index (Phi) is 4.71. The van der Waals surface area contributed by atoms with E-state index in [9.17, 15) is 5.11 Å². The van der Waals surface area contributed by atoms with Crippen molar-refractivity contribution < 1.29 is 5.11 Å². The highest BCUT2D eigenvalue weighted by molar-refractivity contribution is 5.90. The number of aromatic hydroxyl groups is 1. The predicted molar refractivity (Wildman–Crippen MR) is 105 cm³/mol. The number of nitrogens with zero attached hydrogens (tertiary/aromatic N) is 3. The summed E-state index contributed by atoms with van der Waals surface area (Å²) in [6.07, 6.45) is 4.03. The molecule has 0 radical (unpaired) electrons. The number of aromatic nitrogens is 2. The van der Waals surface area contributed by atoms with Gasteiger partial charge in [-0.3, -0.25) is 4.90 Å². The molecule has 3 aromatic rings. The van der Waals surface area contributed by atoms with Gasteiger partial charge in [-0.1, -0.05) is 19.1 Å². The lowest BCUT2D eigenvalue weighted by atomic mass is 9.99. The number of piperidine rings is 1. The summed E-state index contributed by atoms with van der Waals surface area (Å²) in [6, 6.07) is 13.6. The molecule has 5 nitrogen and oxygen atoms in total. The molecule has 0 unspecified atom stereocenters. The number of para-hydroxylation sites is 1. The zero-order valence-electron chi connectivity index (χ0n) is 15.0. The Morgan fingerprint density at radius 3 is 2.77 bits per heavy atom. The molecule has 2 aromatic carbocycles. The van der Waals surface area contributed by atoms with Gasteiger partial charge >= 0.3 is 0 Å². The molecule has 1 aliphatic heterocycles. The van der Waals surface area contributed by atoms with E-state index in [1.165, 1.54) is 12.8 Å². The lowest BCUT2D eigenvalue weighted by Gasteiger charge is -2.30. The van der Waals surface area contributed by atoms with E-state index >= 15 is 0 Å². The van der Waals surface area contributed by atoms with E-state index in [0.717, 1.165) is 53.5 Å². The van der Waals surface area contributed by atoms with Gasteiger partial charge in [0.25, 0.3) is 0 Å². The normalized spacial score (nSPS) is 16.0. The largest absolute Gasteiger partial charge is 0.508 e. The maximum absolute atomic E-state index is 10.3. The fraction of sp³-hybridized carbons (Fsp3) is 0.333. The molecule has 4 rings (SSSR count). The van der Waals surface area contributed by atoms with Crippen LogP contribution in [0.2, 0.25) is 0 Å². The van der Waals surface area contributed by atoms with Crippen molar-refractivity contribution in [1.29, 1.82) is 0 Å². The number of phenols is 1. The minimum absolute atomic E-state index is 0.349. The molecule has 1 saturated heterocycles. The molecule has 1 aliphatic rings. The van der Waals surface area contributed by atoms with Gasteiger partial charge in [0.15, 0.2) is 0 Å². The smallest absolute Gasteiger partial charge is 0.141 e. The van der Waals surface area contributed by atoms with Gasteiger partial charge in [-0.25, -0.2) is 9.97 Å². The van der Waals surface area contributed by atoms with Crippen molar-refractivity contribution in [3.8, 4) is 5.75 Å². The first-order chi connectivity index (χ1) is 12.7. The first-order valence-electron chi connectivity index (χ1n) is 9.20. The van der Waals surface area contributed by atoms with Crippen LogP contribution >= 0.6 is 0 Å². The van der Waals surface area contributed by atoms with Crippen LogP contribution in [0.5, 0.6) is 5.75 Å². The highest BCUT2D eigenvalue weighted by atomic mass is 16.3. The van der Waals surface area contributed by atoms with Crippen molar-refractivity contribution in [3.63, 3.8) is 0 Å². The zero-order chi connectivity index (χ0) is 17.9. The molecule has 0 aliphatic carbocycles. The van der Waals surface area contributed by atoms with Crippen LogP contribution in [0, 0.1) is 5.92 Å². The monoisotopic (exact) mass is 348 g/mol. The molecule has 2 heterocycles.